The number of ether oxygens (including phenoxy) is 1. The average Bonchev–Trinajstić information content (AvgIpc) is 3.32. The molecule has 136 valence electrons. The van der Waals surface area contributed by atoms with Crippen molar-refractivity contribution in [1.29, 1.82) is 0 Å². The van der Waals surface area contributed by atoms with Crippen LogP contribution in [0, 0.1) is 11.3 Å². The number of nitrogens with one attached hydrogen (secondary N) is 2. The van der Waals surface area contributed by atoms with Crippen LogP contribution in [0.4, 0.5) is 5.69 Å². The van der Waals surface area contributed by atoms with Crippen LogP contribution in [0.1, 0.15) is 26.2 Å². The van der Waals surface area contributed by atoms with Crippen LogP contribution in [0.25, 0.3) is 0 Å². The molecular weight excluding hydrogens is 318 g/mol. The van der Waals surface area contributed by atoms with E-state index in [0.29, 0.717) is 18.0 Å². The minimum atomic E-state index is -0.177. The van der Waals surface area contributed by atoms with Crippen molar-refractivity contribution in [2.75, 3.05) is 38.6 Å². The molecule has 2 amide bonds. The first-order chi connectivity index (χ1) is 12.1. The van der Waals surface area contributed by atoms with Gasteiger partial charge in [-0.25, -0.2) is 0 Å². The molecule has 6 heteroatoms. The minimum absolute atomic E-state index is 0.0946. The summed E-state index contributed by atoms with van der Waals surface area (Å²) in [4.78, 5) is 26.8. The second kappa shape index (κ2) is 7.44. The maximum atomic E-state index is 12.8. The molecule has 0 radical (unpaired) electrons. The van der Waals surface area contributed by atoms with Crippen molar-refractivity contribution in [1.82, 2.24) is 10.2 Å². The first-order valence-electron chi connectivity index (χ1n) is 9.01. The SMILES string of the molecule is CCN(CC(=O)Nc1cccc(OC)c1)C(=O)C1CC12CCNCC2. The fraction of sp³-hybridized carbons (Fsp3) is 0.579. The van der Waals surface area contributed by atoms with Crippen LogP contribution in [0.2, 0.25) is 0 Å². The molecule has 6 nitrogen and oxygen atoms in total. The number of carbonyl (C=O) groups excluding carboxylic acids is 2. The van der Waals surface area contributed by atoms with E-state index in [0.717, 1.165) is 32.4 Å². The van der Waals surface area contributed by atoms with Crippen molar-refractivity contribution in [3.05, 3.63) is 24.3 Å². The molecule has 1 aromatic rings. The van der Waals surface area contributed by atoms with E-state index in [1.807, 2.05) is 25.1 Å². The van der Waals surface area contributed by atoms with E-state index in [9.17, 15) is 9.59 Å². The van der Waals surface area contributed by atoms with Crippen molar-refractivity contribution in [3.8, 4) is 5.75 Å². The highest BCUT2D eigenvalue weighted by Gasteiger charge is 2.58. The Morgan fingerprint density at radius 2 is 2.12 bits per heavy atom. The molecule has 25 heavy (non-hydrogen) atoms. The minimum Gasteiger partial charge on any atom is -0.497 e. The van der Waals surface area contributed by atoms with Gasteiger partial charge in [-0.2, -0.15) is 0 Å². The molecule has 1 saturated heterocycles. The van der Waals surface area contributed by atoms with Crippen molar-refractivity contribution in [2.24, 2.45) is 11.3 Å². The van der Waals surface area contributed by atoms with Gasteiger partial charge in [0.15, 0.2) is 0 Å². The molecule has 1 aliphatic carbocycles. The van der Waals surface area contributed by atoms with Gasteiger partial charge in [-0.3, -0.25) is 9.59 Å². The van der Waals surface area contributed by atoms with Gasteiger partial charge in [-0.15, -0.1) is 0 Å². The second-order valence-corrected chi connectivity index (χ2v) is 7.00. The molecule has 1 aromatic carbocycles. The Balaban J connectivity index is 1.56. The maximum absolute atomic E-state index is 12.8. The van der Waals surface area contributed by atoms with Crippen molar-refractivity contribution < 1.29 is 14.3 Å². The topological polar surface area (TPSA) is 70.7 Å². The van der Waals surface area contributed by atoms with Crippen molar-refractivity contribution in [3.63, 3.8) is 0 Å². The molecule has 1 heterocycles. The van der Waals surface area contributed by atoms with Gasteiger partial charge in [0.2, 0.25) is 11.8 Å². The fourth-order valence-corrected chi connectivity index (χ4v) is 3.81. The quantitative estimate of drug-likeness (QED) is 0.826. The summed E-state index contributed by atoms with van der Waals surface area (Å²) in [6.07, 6.45) is 3.11. The first-order valence-corrected chi connectivity index (χ1v) is 9.01. The molecule has 1 atom stereocenters. The number of piperidine rings is 1. The summed E-state index contributed by atoms with van der Waals surface area (Å²) >= 11 is 0. The Morgan fingerprint density at radius 1 is 1.36 bits per heavy atom. The lowest BCUT2D eigenvalue weighted by atomic mass is 9.91. The van der Waals surface area contributed by atoms with Crippen LogP contribution >= 0.6 is 0 Å². The monoisotopic (exact) mass is 345 g/mol. The molecule has 1 unspecified atom stereocenters. The summed E-state index contributed by atoms with van der Waals surface area (Å²) in [5.41, 5.74) is 0.869. The maximum Gasteiger partial charge on any atom is 0.243 e. The Labute approximate surface area is 148 Å². The smallest absolute Gasteiger partial charge is 0.243 e. The third-order valence-electron chi connectivity index (χ3n) is 5.47. The largest absolute Gasteiger partial charge is 0.497 e. The molecule has 3 rings (SSSR count). The van der Waals surface area contributed by atoms with E-state index in [1.165, 1.54) is 0 Å². The Bertz CT molecular complexity index is 641. The Kier molecular flexibility index (Phi) is 5.27. The predicted octanol–water partition coefficient (Wildman–Crippen LogP) is 1.87. The molecule has 0 bridgehead atoms. The third-order valence-corrected chi connectivity index (χ3v) is 5.47. The molecule has 2 fully saturated rings. The van der Waals surface area contributed by atoms with Crippen LogP contribution < -0.4 is 15.4 Å². The standard InChI is InChI=1S/C19H27N3O3/c1-3-22(18(24)16-12-19(16)7-9-20-10-8-19)13-17(23)21-14-5-4-6-15(11-14)25-2/h4-6,11,16,20H,3,7-10,12-13H2,1-2H3,(H,21,23). The Morgan fingerprint density at radius 3 is 2.80 bits per heavy atom. The van der Waals surface area contributed by atoms with E-state index in [-0.39, 0.29) is 29.7 Å². The number of likely N-dealkylation sites (N-methyl/N-ethyl adjacent to an activating group) is 1. The Hall–Kier alpha value is -2.08. The number of hydrogen-bond acceptors (Lipinski definition) is 4. The number of methoxy groups -OCH3 is 1. The van der Waals surface area contributed by atoms with Crippen LogP contribution in [0.3, 0.4) is 0 Å². The summed E-state index contributed by atoms with van der Waals surface area (Å²) in [7, 11) is 1.59. The third kappa shape index (κ3) is 3.95. The number of carbonyl (C=O) groups is 2. The summed E-state index contributed by atoms with van der Waals surface area (Å²) in [6, 6.07) is 7.22. The van der Waals surface area contributed by atoms with E-state index in [1.54, 1.807) is 18.1 Å². The summed E-state index contributed by atoms with van der Waals surface area (Å²) < 4.78 is 5.16. The van der Waals surface area contributed by atoms with Crippen LogP contribution in [-0.4, -0.2) is 50.0 Å². The number of benzene rings is 1. The lowest BCUT2D eigenvalue weighted by Crippen LogP contribution is -2.40. The van der Waals surface area contributed by atoms with Crippen molar-refractivity contribution in [2.45, 2.75) is 26.2 Å². The van der Waals surface area contributed by atoms with Gasteiger partial charge in [0.05, 0.1) is 13.7 Å². The molecule has 0 aromatic heterocycles. The normalized spacial score (nSPS) is 20.8. The van der Waals surface area contributed by atoms with E-state index in [2.05, 4.69) is 10.6 Å². The highest BCUT2D eigenvalue weighted by atomic mass is 16.5. The zero-order valence-corrected chi connectivity index (χ0v) is 15.0. The van der Waals surface area contributed by atoms with E-state index < -0.39 is 0 Å². The van der Waals surface area contributed by atoms with E-state index in [4.69, 9.17) is 4.74 Å². The van der Waals surface area contributed by atoms with Gasteiger partial charge < -0.3 is 20.3 Å². The number of hydrogen-bond donors (Lipinski definition) is 2. The van der Waals surface area contributed by atoms with E-state index >= 15 is 0 Å². The second-order valence-electron chi connectivity index (χ2n) is 7.00. The molecular formula is C19H27N3O3. The number of rotatable bonds is 6. The fourth-order valence-electron chi connectivity index (χ4n) is 3.81. The van der Waals surface area contributed by atoms with Gasteiger partial charge in [0.25, 0.3) is 0 Å². The molecule has 2 aliphatic rings. The molecule has 1 saturated carbocycles. The van der Waals surface area contributed by atoms with Gasteiger partial charge >= 0.3 is 0 Å². The highest BCUT2D eigenvalue weighted by Crippen LogP contribution is 2.59. The molecule has 2 N–H and O–H groups in total. The van der Waals surface area contributed by atoms with Crippen molar-refractivity contribution >= 4 is 17.5 Å². The summed E-state index contributed by atoms with van der Waals surface area (Å²) in [5, 5.41) is 6.20. The lowest BCUT2D eigenvalue weighted by molar-refractivity contribution is -0.136. The zero-order valence-electron chi connectivity index (χ0n) is 15.0. The molecule has 1 aliphatic heterocycles. The first kappa shape index (κ1) is 17.7. The number of nitrogens with zero attached hydrogens (tertiary/aromatic N) is 1. The number of amides is 2. The predicted molar refractivity (Wildman–Crippen MR) is 96.5 cm³/mol. The van der Waals surface area contributed by atoms with Gasteiger partial charge in [0, 0.05) is 24.2 Å². The summed E-state index contributed by atoms with van der Waals surface area (Å²) in [5.74, 6) is 0.736. The van der Waals surface area contributed by atoms with Gasteiger partial charge in [0.1, 0.15) is 5.75 Å². The highest BCUT2D eigenvalue weighted by molar-refractivity contribution is 5.95. The number of anilines is 1. The average molecular weight is 345 g/mol. The van der Waals surface area contributed by atoms with Crippen LogP contribution in [-0.2, 0) is 9.59 Å². The van der Waals surface area contributed by atoms with Gasteiger partial charge in [-0.1, -0.05) is 6.07 Å². The molecule has 1 spiro atoms. The lowest BCUT2D eigenvalue weighted by Gasteiger charge is -2.26. The van der Waals surface area contributed by atoms with Crippen LogP contribution in [0.5, 0.6) is 5.75 Å². The zero-order chi connectivity index (χ0) is 17.9. The van der Waals surface area contributed by atoms with Gasteiger partial charge in [-0.05, 0) is 56.8 Å². The van der Waals surface area contributed by atoms with Crippen LogP contribution in [0.15, 0.2) is 24.3 Å². The summed E-state index contributed by atoms with van der Waals surface area (Å²) in [6.45, 7) is 4.55.